The van der Waals surface area contributed by atoms with Gasteiger partial charge in [-0.05, 0) is 106 Å². The first kappa shape index (κ1) is 27.8. The second-order valence-corrected chi connectivity index (χ2v) is 10.6. The molecule has 1 fully saturated rings. The second kappa shape index (κ2) is 11.9. The molecule has 3 rings (SSSR count). The lowest BCUT2D eigenvalue weighted by molar-refractivity contribution is -0.143. The molecule has 2 aromatic rings. The van der Waals surface area contributed by atoms with Gasteiger partial charge in [-0.15, -0.1) is 0 Å². The summed E-state index contributed by atoms with van der Waals surface area (Å²) in [6, 6.07) is 6.26. The standard InChI is InChI=1S/C28H36ClN3O4/c1-18-7-5-8-21(19(18)2)9-6-16-32-24(23(31-27(32)29)14-15-28(3,4)36)25(33)30-17-20-10-12-22(13-11-20)26(34)35/h5,7-8,20,22,36H,6,9-13,16-17H2,1-4H3,(H,30,33)(H,34,35). The maximum Gasteiger partial charge on any atom is 0.306 e. The highest BCUT2D eigenvalue weighted by Crippen LogP contribution is 2.28. The van der Waals surface area contributed by atoms with Gasteiger partial charge in [-0.3, -0.25) is 9.59 Å². The van der Waals surface area contributed by atoms with Gasteiger partial charge in [0, 0.05) is 13.1 Å². The Morgan fingerprint density at radius 2 is 1.92 bits per heavy atom. The largest absolute Gasteiger partial charge is 0.481 e. The molecule has 1 aromatic heterocycles. The lowest BCUT2D eigenvalue weighted by Gasteiger charge is -2.26. The van der Waals surface area contributed by atoms with Gasteiger partial charge in [0.1, 0.15) is 17.0 Å². The predicted molar refractivity (Wildman–Crippen MR) is 140 cm³/mol. The lowest BCUT2D eigenvalue weighted by atomic mass is 9.82. The number of nitrogens with one attached hydrogen (secondary N) is 1. The zero-order valence-electron chi connectivity index (χ0n) is 21.5. The van der Waals surface area contributed by atoms with E-state index in [1.54, 1.807) is 18.4 Å². The maximum absolute atomic E-state index is 13.3. The van der Waals surface area contributed by atoms with Gasteiger partial charge in [0.2, 0.25) is 5.28 Å². The number of carbonyl (C=O) groups is 2. The summed E-state index contributed by atoms with van der Waals surface area (Å²) in [4.78, 5) is 28.9. The van der Waals surface area contributed by atoms with Crippen molar-refractivity contribution in [1.82, 2.24) is 14.9 Å². The predicted octanol–water partition coefficient (Wildman–Crippen LogP) is 4.53. The van der Waals surface area contributed by atoms with Crippen molar-refractivity contribution >= 4 is 23.5 Å². The van der Waals surface area contributed by atoms with E-state index in [0.29, 0.717) is 25.9 Å². The van der Waals surface area contributed by atoms with Gasteiger partial charge in [0.05, 0.1) is 5.92 Å². The molecule has 8 heteroatoms. The Hall–Kier alpha value is -2.82. The number of rotatable bonds is 8. The normalized spacial score (nSPS) is 17.8. The molecule has 0 spiro atoms. The summed E-state index contributed by atoms with van der Waals surface area (Å²) in [5.74, 6) is 4.43. The Kier molecular flexibility index (Phi) is 9.21. The maximum atomic E-state index is 13.3. The van der Waals surface area contributed by atoms with E-state index in [0.717, 1.165) is 25.7 Å². The number of halogens is 1. The summed E-state index contributed by atoms with van der Waals surface area (Å²) < 4.78 is 1.69. The van der Waals surface area contributed by atoms with Crippen LogP contribution in [0, 0.1) is 37.5 Å². The first-order chi connectivity index (χ1) is 17.0. The fourth-order valence-electron chi connectivity index (χ4n) is 4.60. The van der Waals surface area contributed by atoms with Crippen LogP contribution in [0.25, 0.3) is 0 Å². The molecule has 0 saturated heterocycles. The topological polar surface area (TPSA) is 104 Å². The monoisotopic (exact) mass is 513 g/mol. The molecule has 0 atom stereocenters. The third-order valence-electron chi connectivity index (χ3n) is 6.91. The molecule has 0 radical (unpaired) electrons. The van der Waals surface area contributed by atoms with Crippen LogP contribution in [0.4, 0.5) is 0 Å². The van der Waals surface area contributed by atoms with Crippen molar-refractivity contribution in [3.8, 4) is 11.8 Å². The van der Waals surface area contributed by atoms with E-state index in [2.05, 4.69) is 54.2 Å². The number of carboxylic acid groups (broad SMARTS) is 1. The van der Waals surface area contributed by atoms with E-state index in [1.807, 2.05) is 0 Å². The molecule has 7 nitrogen and oxygen atoms in total. The number of aromatic nitrogens is 2. The molecule has 36 heavy (non-hydrogen) atoms. The number of carbonyl (C=O) groups excluding carboxylic acids is 1. The molecule has 1 aliphatic carbocycles. The number of amides is 1. The Morgan fingerprint density at radius 1 is 1.22 bits per heavy atom. The first-order valence-electron chi connectivity index (χ1n) is 12.5. The van der Waals surface area contributed by atoms with E-state index >= 15 is 0 Å². The Labute approximate surface area is 218 Å². The van der Waals surface area contributed by atoms with Crippen molar-refractivity contribution < 1.29 is 19.8 Å². The number of nitrogens with zero attached hydrogens (tertiary/aromatic N) is 2. The molecular weight excluding hydrogens is 478 g/mol. The zero-order chi connectivity index (χ0) is 26.5. The number of hydrogen-bond donors (Lipinski definition) is 3. The number of imidazole rings is 1. The van der Waals surface area contributed by atoms with Crippen LogP contribution >= 0.6 is 11.6 Å². The average Bonchev–Trinajstić information content (AvgIpc) is 3.14. The van der Waals surface area contributed by atoms with E-state index in [4.69, 9.17) is 11.6 Å². The lowest BCUT2D eigenvalue weighted by Crippen LogP contribution is -2.34. The number of aliphatic hydroxyl groups is 1. The first-order valence-corrected chi connectivity index (χ1v) is 12.9. The molecule has 1 aromatic carbocycles. The molecule has 0 bridgehead atoms. The van der Waals surface area contributed by atoms with Crippen LogP contribution in [-0.2, 0) is 17.8 Å². The third-order valence-corrected chi connectivity index (χ3v) is 7.20. The van der Waals surface area contributed by atoms with Gasteiger partial charge in [-0.25, -0.2) is 4.98 Å². The van der Waals surface area contributed by atoms with Crippen LogP contribution in [0.1, 0.15) is 78.8 Å². The fraction of sp³-hybridized carbons (Fsp3) is 0.536. The van der Waals surface area contributed by atoms with Crippen molar-refractivity contribution in [1.29, 1.82) is 0 Å². The van der Waals surface area contributed by atoms with Crippen LogP contribution in [0.3, 0.4) is 0 Å². The highest BCUT2D eigenvalue weighted by molar-refractivity contribution is 6.29. The highest BCUT2D eigenvalue weighted by atomic mass is 35.5. The van der Waals surface area contributed by atoms with Gasteiger partial charge in [-0.2, -0.15) is 0 Å². The summed E-state index contributed by atoms with van der Waals surface area (Å²) in [6.07, 6.45) is 4.37. The molecular formula is C28H36ClN3O4. The van der Waals surface area contributed by atoms with E-state index < -0.39 is 11.6 Å². The van der Waals surface area contributed by atoms with Gasteiger partial charge < -0.3 is 20.1 Å². The molecule has 1 heterocycles. The Bertz CT molecular complexity index is 1160. The van der Waals surface area contributed by atoms with Crippen LogP contribution < -0.4 is 5.32 Å². The number of carboxylic acids is 1. The van der Waals surface area contributed by atoms with Crippen molar-refractivity contribution in [2.45, 2.75) is 78.4 Å². The number of hydrogen-bond acceptors (Lipinski definition) is 4. The van der Waals surface area contributed by atoms with Gasteiger partial charge in [0.25, 0.3) is 5.91 Å². The molecule has 3 N–H and O–H groups in total. The van der Waals surface area contributed by atoms with Gasteiger partial charge in [-0.1, -0.05) is 24.1 Å². The second-order valence-electron chi connectivity index (χ2n) is 10.3. The Balaban J connectivity index is 1.75. The van der Waals surface area contributed by atoms with Gasteiger partial charge >= 0.3 is 5.97 Å². The molecule has 1 amide bonds. The quantitative estimate of drug-likeness (QED) is 0.450. The van der Waals surface area contributed by atoms with Crippen LogP contribution in [0.15, 0.2) is 18.2 Å². The minimum Gasteiger partial charge on any atom is -0.481 e. The summed E-state index contributed by atoms with van der Waals surface area (Å²) in [5.41, 5.74) is 3.06. The fourth-order valence-corrected chi connectivity index (χ4v) is 4.86. The molecule has 194 valence electrons. The summed E-state index contributed by atoms with van der Waals surface area (Å²) in [5, 5.41) is 22.4. The van der Waals surface area contributed by atoms with E-state index in [9.17, 15) is 19.8 Å². The van der Waals surface area contributed by atoms with Crippen LogP contribution in [-0.4, -0.2) is 43.8 Å². The van der Waals surface area contributed by atoms with E-state index in [1.165, 1.54) is 16.7 Å². The average molecular weight is 514 g/mol. The number of benzene rings is 1. The Morgan fingerprint density at radius 3 is 2.56 bits per heavy atom. The number of aryl methyl sites for hydroxylation is 2. The van der Waals surface area contributed by atoms with Crippen molar-refractivity contribution in [3.63, 3.8) is 0 Å². The van der Waals surface area contributed by atoms with Crippen molar-refractivity contribution in [2.24, 2.45) is 11.8 Å². The van der Waals surface area contributed by atoms with Crippen molar-refractivity contribution in [3.05, 3.63) is 51.6 Å². The SMILES string of the molecule is Cc1cccc(CCCn2c(Cl)nc(C#CC(C)(C)O)c2C(=O)NCC2CCC(C(=O)O)CC2)c1C. The molecule has 1 saturated carbocycles. The van der Waals surface area contributed by atoms with Crippen molar-refractivity contribution in [2.75, 3.05) is 6.54 Å². The van der Waals surface area contributed by atoms with Gasteiger partial charge in [0.15, 0.2) is 0 Å². The zero-order valence-corrected chi connectivity index (χ0v) is 22.3. The minimum atomic E-state index is -1.24. The third kappa shape index (κ3) is 7.35. The minimum absolute atomic E-state index is 0.183. The van der Waals surface area contributed by atoms with E-state index in [-0.39, 0.29) is 34.4 Å². The number of aliphatic carboxylic acids is 1. The van der Waals surface area contributed by atoms with Crippen LogP contribution in [0.2, 0.25) is 5.28 Å². The summed E-state index contributed by atoms with van der Waals surface area (Å²) in [6.45, 7) is 8.29. The van der Waals surface area contributed by atoms with Crippen LogP contribution in [0.5, 0.6) is 0 Å². The smallest absolute Gasteiger partial charge is 0.306 e. The molecule has 1 aliphatic rings. The molecule has 0 unspecified atom stereocenters. The summed E-state index contributed by atoms with van der Waals surface area (Å²) in [7, 11) is 0. The molecule has 0 aliphatic heterocycles. The highest BCUT2D eigenvalue weighted by Gasteiger charge is 2.27. The summed E-state index contributed by atoms with van der Waals surface area (Å²) >= 11 is 6.46.